The molecule has 0 radical (unpaired) electrons. The van der Waals surface area contributed by atoms with Crippen LogP contribution in [0, 0.1) is 5.92 Å². The lowest BCUT2D eigenvalue weighted by Crippen LogP contribution is -2.19. The van der Waals surface area contributed by atoms with E-state index in [0.717, 1.165) is 23.5 Å². The topological polar surface area (TPSA) is 84.8 Å². The largest absolute Gasteiger partial charge is 0.497 e. The quantitative estimate of drug-likeness (QED) is 0.418. The molecule has 0 aliphatic carbocycles. The summed E-state index contributed by atoms with van der Waals surface area (Å²) < 4.78 is 6.91. The maximum Gasteiger partial charge on any atom is 0.327 e. The predicted octanol–water partition coefficient (Wildman–Crippen LogP) is 3.90. The summed E-state index contributed by atoms with van der Waals surface area (Å²) in [6, 6.07) is 7.86. The maximum absolute atomic E-state index is 12.5. The van der Waals surface area contributed by atoms with Crippen LogP contribution < -0.4 is 15.7 Å². The lowest BCUT2D eigenvalue weighted by atomic mass is 10.2. The van der Waals surface area contributed by atoms with Gasteiger partial charge in [-0.1, -0.05) is 44.7 Å². The van der Waals surface area contributed by atoms with Gasteiger partial charge >= 0.3 is 5.69 Å². The molecule has 0 saturated carbocycles. The number of benzene rings is 1. The van der Waals surface area contributed by atoms with Gasteiger partial charge < -0.3 is 15.0 Å². The van der Waals surface area contributed by atoms with Gasteiger partial charge in [-0.2, -0.15) is 0 Å². The molecule has 0 atom stereocenters. The molecule has 2 aromatic heterocycles. The first-order chi connectivity index (χ1) is 13.5. The molecular formula is C20H27N5O2S. The Kier molecular flexibility index (Phi) is 6.61. The van der Waals surface area contributed by atoms with Gasteiger partial charge in [0.2, 0.25) is 0 Å². The maximum atomic E-state index is 12.5. The number of nitrogens with zero attached hydrogens (tertiary/aromatic N) is 3. The second-order valence-corrected chi connectivity index (χ2v) is 8.10. The summed E-state index contributed by atoms with van der Waals surface area (Å²) in [6.45, 7) is 7.50. The number of ether oxygens (including phenoxy) is 1. The average Bonchev–Trinajstić information content (AvgIpc) is 3.00. The monoisotopic (exact) mass is 401 g/mol. The molecule has 0 aliphatic heterocycles. The van der Waals surface area contributed by atoms with E-state index in [-0.39, 0.29) is 5.69 Å². The van der Waals surface area contributed by atoms with Gasteiger partial charge in [-0.25, -0.2) is 14.8 Å². The van der Waals surface area contributed by atoms with Gasteiger partial charge in [0.1, 0.15) is 11.3 Å². The van der Waals surface area contributed by atoms with Crippen molar-refractivity contribution in [3.05, 3.63) is 40.3 Å². The molecular weight excluding hydrogens is 374 g/mol. The first kappa shape index (κ1) is 20.3. The van der Waals surface area contributed by atoms with Gasteiger partial charge in [0.25, 0.3) is 0 Å². The molecule has 1 aromatic carbocycles. The number of aromatic nitrogens is 4. The fourth-order valence-corrected chi connectivity index (χ4v) is 3.55. The first-order valence-corrected chi connectivity index (χ1v) is 10.5. The molecule has 0 amide bonds. The summed E-state index contributed by atoms with van der Waals surface area (Å²) in [6.07, 6.45) is 1.03. The van der Waals surface area contributed by atoms with Crippen LogP contribution in [-0.2, 0) is 13.1 Å². The summed E-state index contributed by atoms with van der Waals surface area (Å²) in [5.41, 5.74) is 2.26. The highest BCUT2D eigenvalue weighted by atomic mass is 32.2. The molecule has 150 valence electrons. The molecule has 0 bridgehead atoms. The van der Waals surface area contributed by atoms with Crippen molar-refractivity contribution in [3.8, 4) is 5.75 Å². The molecule has 3 aromatic rings. The number of aromatic amines is 1. The van der Waals surface area contributed by atoms with Crippen LogP contribution in [0.1, 0.15) is 32.8 Å². The predicted molar refractivity (Wildman–Crippen MR) is 114 cm³/mol. The average molecular weight is 402 g/mol. The molecule has 0 saturated heterocycles. The Morgan fingerprint density at radius 2 is 2.00 bits per heavy atom. The van der Waals surface area contributed by atoms with E-state index in [4.69, 9.17) is 4.74 Å². The number of nitrogens with one attached hydrogen (secondary N) is 2. The summed E-state index contributed by atoms with van der Waals surface area (Å²) in [5.74, 6) is 2.75. The van der Waals surface area contributed by atoms with E-state index < -0.39 is 0 Å². The van der Waals surface area contributed by atoms with Crippen molar-refractivity contribution < 1.29 is 4.74 Å². The van der Waals surface area contributed by atoms with Crippen molar-refractivity contribution in [2.24, 2.45) is 5.92 Å². The Labute approximate surface area is 168 Å². The normalized spacial score (nSPS) is 11.3. The summed E-state index contributed by atoms with van der Waals surface area (Å²) >= 11 is 1.60. The summed E-state index contributed by atoms with van der Waals surface area (Å²) in [5, 5.41) is 4.05. The van der Waals surface area contributed by atoms with E-state index in [1.165, 1.54) is 0 Å². The molecule has 3 rings (SSSR count). The molecule has 7 nitrogen and oxygen atoms in total. The van der Waals surface area contributed by atoms with Gasteiger partial charge in [0, 0.05) is 18.8 Å². The van der Waals surface area contributed by atoms with E-state index in [1.807, 2.05) is 24.3 Å². The smallest absolute Gasteiger partial charge is 0.327 e. The van der Waals surface area contributed by atoms with Crippen molar-refractivity contribution >= 4 is 28.7 Å². The van der Waals surface area contributed by atoms with Crippen LogP contribution in [0.3, 0.4) is 0 Å². The number of anilines is 1. The Balaban J connectivity index is 1.95. The summed E-state index contributed by atoms with van der Waals surface area (Å²) in [7, 11) is 1.65. The van der Waals surface area contributed by atoms with Crippen molar-refractivity contribution in [3.63, 3.8) is 0 Å². The van der Waals surface area contributed by atoms with E-state index in [1.54, 1.807) is 23.4 Å². The second kappa shape index (κ2) is 9.14. The molecule has 0 spiro atoms. The van der Waals surface area contributed by atoms with Gasteiger partial charge in [0.05, 0.1) is 7.11 Å². The van der Waals surface area contributed by atoms with Gasteiger partial charge in [-0.3, -0.25) is 4.57 Å². The molecule has 0 aliphatic rings. The highest BCUT2D eigenvalue weighted by Crippen LogP contribution is 2.24. The van der Waals surface area contributed by atoms with Crippen LogP contribution >= 0.6 is 11.8 Å². The number of rotatable bonds is 9. The minimum absolute atomic E-state index is 0.150. The minimum atomic E-state index is -0.150. The molecule has 0 fully saturated rings. The zero-order valence-electron chi connectivity index (χ0n) is 16.8. The zero-order valence-corrected chi connectivity index (χ0v) is 17.6. The number of H-pyrrole nitrogens is 1. The summed E-state index contributed by atoms with van der Waals surface area (Å²) in [4.78, 5) is 24.7. The fraction of sp³-hybridized carbons (Fsp3) is 0.450. The van der Waals surface area contributed by atoms with Crippen LogP contribution in [-0.4, -0.2) is 32.4 Å². The third-order valence-corrected chi connectivity index (χ3v) is 5.26. The number of thioether (sulfide) groups is 1. The lowest BCUT2D eigenvalue weighted by Gasteiger charge is -2.10. The Morgan fingerprint density at radius 3 is 2.64 bits per heavy atom. The van der Waals surface area contributed by atoms with Crippen molar-refractivity contribution in [2.45, 2.75) is 45.4 Å². The number of fused-ring (bicyclic) bond motifs is 1. The van der Waals surface area contributed by atoms with Gasteiger partial charge in [0.15, 0.2) is 16.6 Å². The van der Waals surface area contributed by atoms with Crippen LogP contribution in [0.25, 0.3) is 11.2 Å². The first-order valence-electron chi connectivity index (χ1n) is 9.52. The van der Waals surface area contributed by atoms with Crippen molar-refractivity contribution in [1.29, 1.82) is 0 Å². The lowest BCUT2D eigenvalue weighted by molar-refractivity contribution is 0.414. The van der Waals surface area contributed by atoms with E-state index in [9.17, 15) is 4.79 Å². The van der Waals surface area contributed by atoms with Gasteiger partial charge in [-0.15, -0.1) is 0 Å². The van der Waals surface area contributed by atoms with Crippen LogP contribution in [0.4, 0.5) is 5.82 Å². The highest BCUT2D eigenvalue weighted by Gasteiger charge is 2.16. The van der Waals surface area contributed by atoms with E-state index >= 15 is 0 Å². The Bertz CT molecular complexity index is 979. The van der Waals surface area contributed by atoms with E-state index in [2.05, 4.69) is 41.0 Å². The number of hydrogen-bond donors (Lipinski definition) is 2. The Morgan fingerprint density at radius 1 is 1.25 bits per heavy atom. The van der Waals surface area contributed by atoms with Crippen LogP contribution in [0.15, 0.2) is 34.2 Å². The zero-order chi connectivity index (χ0) is 20.1. The van der Waals surface area contributed by atoms with Crippen molar-refractivity contribution in [1.82, 2.24) is 19.5 Å². The number of methoxy groups -OCH3 is 1. The van der Waals surface area contributed by atoms with Gasteiger partial charge in [-0.05, 0) is 30.0 Å². The number of hydrogen-bond acceptors (Lipinski definition) is 6. The molecule has 2 N–H and O–H groups in total. The molecule has 28 heavy (non-hydrogen) atoms. The van der Waals surface area contributed by atoms with E-state index in [0.29, 0.717) is 41.1 Å². The number of imidazole rings is 1. The standard InChI is InChI=1S/C20H27N5O2S/c1-5-10-28-19-23-17(21-11-14-6-8-15(27-4)9-7-14)16-18(24-19)25(12-13(2)3)20(26)22-16/h6-9,13H,5,10-12H2,1-4H3,(H,22,26)(H,21,23,24). The third-order valence-electron chi connectivity index (χ3n) is 4.20. The molecule has 8 heteroatoms. The molecule has 0 unspecified atom stereocenters. The second-order valence-electron chi connectivity index (χ2n) is 7.04. The van der Waals surface area contributed by atoms with Crippen LogP contribution in [0.5, 0.6) is 5.75 Å². The fourth-order valence-electron chi connectivity index (χ4n) is 2.86. The Hall–Kier alpha value is -2.48. The highest BCUT2D eigenvalue weighted by molar-refractivity contribution is 7.99. The third kappa shape index (κ3) is 4.67. The van der Waals surface area contributed by atoms with Crippen molar-refractivity contribution in [2.75, 3.05) is 18.2 Å². The molecule has 2 heterocycles. The SMILES string of the molecule is CCCSc1nc(NCc2ccc(OC)cc2)c2[nH]c(=O)n(CC(C)C)c2n1. The van der Waals surface area contributed by atoms with Crippen LogP contribution in [0.2, 0.25) is 0 Å². The minimum Gasteiger partial charge on any atom is -0.497 e.